The third-order valence-electron chi connectivity index (χ3n) is 1.84. The number of Topliss-reactive ketones (excluding diaryl/α,β-unsaturated/α-hetero) is 1. The van der Waals surface area contributed by atoms with Gasteiger partial charge in [-0.15, -0.1) is 0 Å². The molecular weight excluding hydrogens is 275 g/mol. The molecule has 0 aliphatic rings. The second-order valence-corrected chi connectivity index (χ2v) is 3.44. The molecule has 1 aromatic rings. The summed E-state index contributed by atoms with van der Waals surface area (Å²) in [6, 6.07) is 1.36. The molecule has 0 fully saturated rings. The zero-order valence-corrected chi connectivity index (χ0v) is 9.80. The summed E-state index contributed by atoms with van der Waals surface area (Å²) < 4.78 is 41.3. The molecule has 0 aliphatic heterocycles. The van der Waals surface area contributed by atoms with E-state index in [0.29, 0.717) is 6.07 Å². The fourth-order valence-corrected chi connectivity index (χ4v) is 1.31. The number of hydrogen-bond acceptors (Lipinski definition) is 4. The molecule has 0 spiro atoms. The van der Waals surface area contributed by atoms with Crippen molar-refractivity contribution in [2.75, 3.05) is 6.61 Å². The lowest BCUT2D eigenvalue weighted by atomic mass is 10.2. The summed E-state index contributed by atoms with van der Waals surface area (Å²) in [7, 11) is 0. The number of carbonyl (C=O) groups excluding carboxylic acids is 2. The molecule has 0 aliphatic carbocycles. The van der Waals surface area contributed by atoms with Crippen LogP contribution in [0.5, 0.6) is 0 Å². The first-order valence-corrected chi connectivity index (χ1v) is 5.10. The Morgan fingerprint density at radius 2 is 2.00 bits per heavy atom. The summed E-state index contributed by atoms with van der Waals surface area (Å²) in [6.07, 6.45) is -4.67. The molecule has 0 saturated heterocycles. The van der Waals surface area contributed by atoms with Gasteiger partial charge in [0.25, 0.3) is 5.78 Å². The lowest BCUT2D eigenvalue weighted by Gasteiger charge is -2.07. The van der Waals surface area contributed by atoms with Gasteiger partial charge in [-0.2, -0.15) is 13.2 Å². The summed E-state index contributed by atoms with van der Waals surface area (Å²) in [4.78, 5) is 25.6. The van der Waals surface area contributed by atoms with Gasteiger partial charge in [0, 0.05) is 0 Å². The number of nitrogens with zero attached hydrogens (tertiary/aromatic N) is 1. The maximum absolute atomic E-state index is 12.3. The van der Waals surface area contributed by atoms with Gasteiger partial charge in [0.2, 0.25) is 0 Å². The SMILES string of the molecule is CCOC(=O)C(=O)c1ccc(C(F)(F)F)nc1Cl. The van der Waals surface area contributed by atoms with E-state index in [0.717, 1.165) is 6.07 Å². The number of aromatic nitrogens is 1. The molecule has 0 unspecified atom stereocenters. The molecule has 0 saturated carbocycles. The highest BCUT2D eigenvalue weighted by Gasteiger charge is 2.34. The molecule has 0 N–H and O–H groups in total. The highest BCUT2D eigenvalue weighted by Crippen LogP contribution is 2.29. The zero-order chi connectivity index (χ0) is 13.9. The van der Waals surface area contributed by atoms with Gasteiger partial charge in [-0.3, -0.25) is 4.79 Å². The van der Waals surface area contributed by atoms with Crippen LogP contribution in [0.4, 0.5) is 13.2 Å². The van der Waals surface area contributed by atoms with Crippen molar-refractivity contribution in [1.82, 2.24) is 4.98 Å². The third kappa shape index (κ3) is 3.19. The summed E-state index contributed by atoms with van der Waals surface area (Å²) in [5.74, 6) is -2.33. The van der Waals surface area contributed by atoms with Gasteiger partial charge in [0.05, 0.1) is 12.2 Å². The number of hydrogen-bond donors (Lipinski definition) is 0. The van der Waals surface area contributed by atoms with Gasteiger partial charge in [0.1, 0.15) is 10.8 Å². The van der Waals surface area contributed by atoms with E-state index in [4.69, 9.17) is 11.6 Å². The Hall–Kier alpha value is -1.63. The standard InChI is InChI=1S/C10H7ClF3NO3/c1-2-18-9(17)7(16)5-3-4-6(10(12,13)14)15-8(5)11/h3-4H,2H2,1H3. The van der Waals surface area contributed by atoms with Crippen molar-refractivity contribution < 1.29 is 27.5 Å². The molecule has 18 heavy (non-hydrogen) atoms. The van der Waals surface area contributed by atoms with Crippen LogP contribution in [0.2, 0.25) is 5.15 Å². The zero-order valence-electron chi connectivity index (χ0n) is 9.05. The molecule has 0 amide bonds. The Labute approximate surface area is 105 Å². The van der Waals surface area contributed by atoms with Gasteiger partial charge in [-0.1, -0.05) is 11.6 Å². The molecule has 0 bridgehead atoms. The van der Waals surface area contributed by atoms with E-state index < -0.39 is 34.3 Å². The second-order valence-electron chi connectivity index (χ2n) is 3.08. The normalized spacial score (nSPS) is 11.2. The first-order chi connectivity index (χ1) is 8.27. The van der Waals surface area contributed by atoms with Crippen LogP contribution in [-0.2, 0) is 15.7 Å². The van der Waals surface area contributed by atoms with Crippen LogP contribution < -0.4 is 0 Å². The van der Waals surface area contributed by atoms with Crippen LogP contribution >= 0.6 is 11.6 Å². The average Bonchev–Trinajstić information content (AvgIpc) is 2.27. The third-order valence-corrected chi connectivity index (χ3v) is 2.13. The van der Waals surface area contributed by atoms with Crippen LogP contribution in [0.3, 0.4) is 0 Å². The van der Waals surface area contributed by atoms with Crippen molar-refractivity contribution in [1.29, 1.82) is 0 Å². The predicted octanol–water partition coefficient (Wildman–Crippen LogP) is 2.50. The lowest BCUT2D eigenvalue weighted by Crippen LogP contribution is -2.19. The average molecular weight is 282 g/mol. The number of halogens is 4. The van der Waals surface area contributed by atoms with Crippen molar-refractivity contribution in [2.45, 2.75) is 13.1 Å². The predicted molar refractivity (Wildman–Crippen MR) is 55.2 cm³/mol. The minimum absolute atomic E-state index is 0.0315. The fourth-order valence-electron chi connectivity index (χ4n) is 1.07. The van der Waals surface area contributed by atoms with Gasteiger partial charge in [-0.05, 0) is 19.1 Å². The van der Waals surface area contributed by atoms with E-state index in [9.17, 15) is 22.8 Å². The van der Waals surface area contributed by atoms with Crippen molar-refractivity contribution in [3.63, 3.8) is 0 Å². The molecule has 0 aromatic carbocycles. The summed E-state index contributed by atoms with van der Waals surface area (Å²) in [5.41, 5.74) is -1.67. The molecule has 0 atom stereocenters. The molecule has 1 heterocycles. The summed E-state index contributed by atoms with van der Waals surface area (Å²) >= 11 is 5.43. The Morgan fingerprint density at radius 1 is 1.39 bits per heavy atom. The Bertz CT molecular complexity index is 488. The maximum atomic E-state index is 12.3. The van der Waals surface area contributed by atoms with Crippen molar-refractivity contribution in [2.24, 2.45) is 0 Å². The van der Waals surface area contributed by atoms with Crippen molar-refractivity contribution in [3.05, 3.63) is 28.5 Å². The number of pyridine rings is 1. The van der Waals surface area contributed by atoms with Crippen LogP contribution in [0.15, 0.2) is 12.1 Å². The molecule has 98 valence electrons. The largest absolute Gasteiger partial charge is 0.460 e. The lowest BCUT2D eigenvalue weighted by molar-refractivity contribution is -0.141. The molecule has 4 nitrogen and oxygen atoms in total. The van der Waals surface area contributed by atoms with E-state index in [1.165, 1.54) is 6.92 Å². The number of esters is 1. The number of rotatable bonds is 3. The van der Waals surface area contributed by atoms with Gasteiger partial charge >= 0.3 is 12.1 Å². The van der Waals surface area contributed by atoms with Gasteiger partial charge in [-0.25, -0.2) is 9.78 Å². The quantitative estimate of drug-likeness (QED) is 0.370. The summed E-state index contributed by atoms with van der Waals surface area (Å²) in [6.45, 7) is 1.45. The first-order valence-electron chi connectivity index (χ1n) is 4.72. The smallest absolute Gasteiger partial charge is 0.433 e. The molecule has 1 rings (SSSR count). The maximum Gasteiger partial charge on any atom is 0.433 e. The fraction of sp³-hybridized carbons (Fsp3) is 0.300. The Balaban J connectivity index is 3.07. The number of alkyl halides is 3. The van der Waals surface area contributed by atoms with E-state index in [-0.39, 0.29) is 6.61 Å². The van der Waals surface area contributed by atoms with Crippen molar-refractivity contribution in [3.8, 4) is 0 Å². The van der Waals surface area contributed by atoms with Crippen LogP contribution in [-0.4, -0.2) is 23.3 Å². The molecule has 8 heteroatoms. The van der Waals surface area contributed by atoms with E-state index in [2.05, 4.69) is 9.72 Å². The van der Waals surface area contributed by atoms with Gasteiger partial charge < -0.3 is 4.74 Å². The number of carbonyl (C=O) groups is 2. The number of ether oxygens (including phenoxy) is 1. The second kappa shape index (κ2) is 5.34. The van der Waals surface area contributed by atoms with Crippen LogP contribution in [0.25, 0.3) is 0 Å². The highest BCUT2D eigenvalue weighted by molar-refractivity contribution is 6.45. The Morgan fingerprint density at radius 3 is 2.44 bits per heavy atom. The Kier molecular flexibility index (Phi) is 4.28. The van der Waals surface area contributed by atoms with E-state index in [1.54, 1.807) is 0 Å². The van der Waals surface area contributed by atoms with E-state index in [1.807, 2.05) is 0 Å². The monoisotopic (exact) mass is 281 g/mol. The summed E-state index contributed by atoms with van der Waals surface area (Å²) in [5, 5.41) is -0.692. The van der Waals surface area contributed by atoms with Gasteiger partial charge in [0.15, 0.2) is 0 Å². The first kappa shape index (κ1) is 14.4. The topological polar surface area (TPSA) is 56.3 Å². The van der Waals surface area contributed by atoms with Crippen molar-refractivity contribution >= 4 is 23.4 Å². The minimum Gasteiger partial charge on any atom is -0.460 e. The number of ketones is 1. The van der Waals surface area contributed by atoms with Crippen LogP contribution in [0.1, 0.15) is 23.0 Å². The molecule has 0 radical (unpaired) electrons. The van der Waals surface area contributed by atoms with E-state index >= 15 is 0 Å². The van der Waals surface area contributed by atoms with Crippen LogP contribution in [0, 0.1) is 0 Å². The highest BCUT2D eigenvalue weighted by atomic mass is 35.5. The minimum atomic E-state index is -4.67. The molecule has 1 aromatic heterocycles. The molecular formula is C10H7ClF3NO3.